The molecule has 2 aromatic rings. The number of benzene rings is 2. The van der Waals surface area contributed by atoms with Gasteiger partial charge in [0.1, 0.15) is 11.9 Å². The summed E-state index contributed by atoms with van der Waals surface area (Å²) in [6.45, 7) is 10.7. The summed E-state index contributed by atoms with van der Waals surface area (Å²) in [6.07, 6.45) is 8.30. The van der Waals surface area contributed by atoms with Crippen LogP contribution in [-0.2, 0) is 6.54 Å². The number of fused-ring (bicyclic) bond motifs is 1. The number of hydrogen-bond acceptors (Lipinski definition) is 2. The van der Waals surface area contributed by atoms with Gasteiger partial charge in [-0.1, -0.05) is 51.8 Å². The summed E-state index contributed by atoms with van der Waals surface area (Å²) < 4.78 is 6.55. The van der Waals surface area contributed by atoms with Crippen LogP contribution in [0.4, 0.5) is 0 Å². The maximum absolute atomic E-state index is 6.55. The van der Waals surface area contributed by atoms with E-state index in [1.54, 1.807) is 0 Å². The Kier molecular flexibility index (Phi) is 6.25. The highest BCUT2D eigenvalue weighted by Crippen LogP contribution is 2.36. The molecule has 0 aromatic heterocycles. The van der Waals surface area contributed by atoms with Gasteiger partial charge in [0.25, 0.3) is 0 Å². The zero-order chi connectivity index (χ0) is 19.5. The highest BCUT2D eigenvalue weighted by Gasteiger charge is 2.32. The molecule has 0 N–H and O–H groups in total. The topological polar surface area (TPSA) is 12.5 Å². The van der Waals surface area contributed by atoms with E-state index < -0.39 is 0 Å². The van der Waals surface area contributed by atoms with Gasteiger partial charge in [-0.15, -0.1) is 0 Å². The van der Waals surface area contributed by atoms with Gasteiger partial charge in [0.2, 0.25) is 0 Å². The van der Waals surface area contributed by atoms with Gasteiger partial charge < -0.3 is 4.74 Å². The second-order valence-electron chi connectivity index (χ2n) is 9.66. The molecule has 4 rings (SSSR count). The van der Waals surface area contributed by atoms with Crippen molar-refractivity contribution in [1.82, 2.24) is 4.90 Å². The fourth-order valence-corrected chi connectivity index (χ4v) is 5.25. The number of piperidine rings is 1. The maximum atomic E-state index is 6.55. The van der Waals surface area contributed by atoms with Crippen LogP contribution in [0.15, 0.2) is 36.4 Å². The lowest BCUT2D eigenvalue weighted by Crippen LogP contribution is -2.36. The van der Waals surface area contributed by atoms with Crippen LogP contribution in [0, 0.1) is 17.8 Å². The predicted molar refractivity (Wildman–Crippen MR) is 119 cm³/mol. The van der Waals surface area contributed by atoms with Crippen molar-refractivity contribution < 1.29 is 4.74 Å². The van der Waals surface area contributed by atoms with E-state index in [0.717, 1.165) is 18.2 Å². The average molecular weight is 380 g/mol. The summed E-state index contributed by atoms with van der Waals surface area (Å²) in [5.41, 5.74) is 1.43. The fourth-order valence-electron chi connectivity index (χ4n) is 5.25. The van der Waals surface area contributed by atoms with E-state index in [0.29, 0.717) is 17.9 Å². The molecular formula is C26H37NO. The summed E-state index contributed by atoms with van der Waals surface area (Å²) in [6, 6.07) is 13.6. The van der Waals surface area contributed by atoms with Crippen LogP contribution >= 0.6 is 0 Å². The number of hydrogen-bond donors (Lipinski definition) is 0. The molecule has 1 aliphatic heterocycles. The zero-order valence-electron chi connectivity index (χ0n) is 18.0. The molecule has 0 bridgehead atoms. The monoisotopic (exact) mass is 379 g/mol. The molecule has 3 atom stereocenters. The van der Waals surface area contributed by atoms with Crippen LogP contribution in [0.5, 0.6) is 5.75 Å². The number of likely N-dealkylation sites (tertiary alicyclic amines) is 1. The Hall–Kier alpha value is -1.54. The lowest BCUT2D eigenvalue weighted by atomic mass is 9.75. The molecule has 0 unspecified atom stereocenters. The van der Waals surface area contributed by atoms with Crippen LogP contribution in [0.25, 0.3) is 10.8 Å². The second kappa shape index (κ2) is 8.86. The summed E-state index contributed by atoms with van der Waals surface area (Å²) in [7, 11) is 0. The Morgan fingerprint density at radius 1 is 0.964 bits per heavy atom. The van der Waals surface area contributed by atoms with Crippen LogP contribution in [-0.4, -0.2) is 24.1 Å². The third kappa shape index (κ3) is 4.71. The minimum Gasteiger partial charge on any atom is -0.490 e. The van der Waals surface area contributed by atoms with Crippen molar-refractivity contribution in [3.05, 3.63) is 42.0 Å². The second-order valence-corrected chi connectivity index (χ2v) is 9.66. The first-order valence-electron chi connectivity index (χ1n) is 11.5. The van der Waals surface area contributed by atoms with Gasteiger partial charge in [-0.2, -0.15) is 0 Å². The van der Waals surface area contributed by atoms with E-state index in [1.807, 2.05) is 0 Å². The molecule has 1 saturated heterocycles. The van der Waals surface area contributed by atoms with Crippen molar-refractivity contribution in [3.8, 4) is 5.75 Å². The van der Waals surface area contributed by atoms with Crippen molar-refractivity contribution >= 4 is 10.8 Å². The Morgan fingerprint density at radius 3 is 2.50 bits per heavy atom. The molecule has 2 nitrogen and oxygen atoms in total. The summed E-state index contributed by atoms with van der Waals surface area (Å²) in [5, 5.41) is 2.63. The lowest BCUT2D eigenvalue weighted by Gasteiger charge is -2.37. The molecule has 2 heteroatoms. The Morgan fingerprint density at radius 2 is 1.71 bits per heavy atom. The molecule has 0 spiro atoms. The van der Waals surface area contributed by atoms with E-state index >= 15 is 0 Å². The lowest BCUT2D eigenvalue weighted by molar-refractivity contribution is 0.0461. The summed E-state index contributed by atoms with van der Waals surface area (Å²) in [4.78, 5) is 2.60. The van der Waals surface area contributed by atoms with Gasteiger partial charge >= 0.3 is 0 Å². The standard InChI is InChI=1S/C26H37NO/c1-19(2)25-12-7-20(3)15-26(25)28-24-11-10-22-16-21(8-9-23(22)17-24)18-27-13-5-4-6-14-27/h8-11,16-17,19-20,25-26H,4-7,12-15,18H2,1-3H3/t20-,25+,26-/m1/s1. The average Bonchev–Trinajstić information content (AvgIpc) is 2.69. The minimum absolute atomic E-state index is 0.361. The van der Waals surface area contributed by atoms with Crippen molar-refractivity contribution in [1.29, 1.82) is 0 Å². The van der Waals surface area contributed by atoms with Gasteiger partial charge in [-0.25, -0.2) is 0 Å². The van der Waals surface area contributed by atoms with Crippen LogP contribution in [0.2, 0.25) is 0 Å². The number of nitrogens with zero attached hydrogens (tertiary/aromatic N) is 1. The molecule has 0 amide bonds. The minimum atomic E-state index is 0.361. The van der Waals surface area contributed by atoms with E-state index in [-0.39, 0.29) is 0 Å². The molecule has 2 fully saturated rings. The maximum Gasteiger partial charge on any atom is 0.120 e. The zero-order valence-corrected chi connectivity index (χ0v) is 18.0. The molecule has 2 aliphatic rings. The first-order chi connectivity index (χ1) is 13.6. The number of ether oxygens (including phenoxy) is 1. The van der Waals surface area contributed by atoms with Crippen molar-refractivity contribution in [2.75, 3.05) is 13.1 Å². The van der Waals surface area contributed by atoms with E-state index in [1.165, 1.54) is 68.0 Å². The molecule has 1 heterocycles. The molecule has 2 aromatic carbocycles. The molecule has 1 aliphatic carbocycles. The molecular weight excluding hydrogens is 342 g/mol. The normalized spacial score (nSPS) is 26.6. The van der Waals surface area contributed by atoms with Crippen LogP contribution in [0.3, 0.4) is 0 Å². The van der Waals surface area contributed by atoms with Crippen molar-refractivity contribution in [3.63, 3.8) is 0 Å². The third-order valence-electron chi connectivity index (χ3n) is 6.98. The van der Waals surface area contributed by atoms with Gasteiger partial charge in [-0.3, -0.25) is 4.90 Å². The Labute approximate surface area is 171 Å². The van der Waals surface area contributed by atoms with Gasteiger partial charge in [0, 0.05) is 6.54 Å². The SMILES string of the molecule is CC(C)[C@@H]1CC[C@@H](C)C[C@H]1Oc1ccc2cc(CN3CCCCC3)ccc2c1. The van der Waals surface area contributed by atoms with Gasteiger partial charge in [-0.05, 0) is 91.1 Å². The first-order valence-corrected chi connectivity index (χ1v) is 11.5. The molecule has 152 valence electrons. The largest absolute Gasteiger partial charge is 0.490 e. The fraction of sp³-hybridized carbons (Fsp3) is 0.615. The Bertz CT molecular complexity index is 777. The highest BCUT2D eigenvalue weighted by atomic mass is 16.5. The van der Waals surface area contributed by atoms with Crippen molar-refractivity contribution in [2.45, 2.75) is 71.9 Å². The quantitative estimate of drug-likeness (QED) is 0.575. The predicted octanol–water partition coefficient (Wildman–Crippen LogP) is 6.67. The highest BCUT2D eigenvalue weighted by molar-refractivity contribution is 5.84. The van der Waals surface area contributed by atoms with Crippen LogP contribution in [0.1, 0.15) is 64.9 Å². The molecule has 28 heavy (non-hydrogen) atoms. The Balaban J connectivity index is 1.47. The van der Waals surface area contributed by atoms with Crippen molar-refractivity contribution in [2.24, 2.45) is 17.8 Å². The van der Waals surface area contributed by atoms with E-state index in [4.69, 9.17) is 4.74 Å². The smallest absolute Gasteiger partial charge is 0.120 e. The first kappa shape index (κ1) is 19.8. The third-order valence-corrected chi connectivity index (χ3v) is 6.98. The van der Waals surface area contributed by atoms with E-state index in [9.17, 15) is 0 Å². The van der Waals surface area contributed by atoms with Gasteiger partial charge in [0.15, 0.2) is 0 Å². The van der Waals surface area contributed by atoms with Crippen LogP contribution < -0.4 is 4.74 Å². The molecule has 0 radical (unpaired) electrons. The van der Waals surface area contributed by atoms with E-state index in [2.05, 4.69) is 62.1 Å². The summed E-state index contributed by atoms with van der Waals surface area (Å²) in [5.74, 6) is 3.19. The summed E-state index contributed by atoms with van der Waals surface area (Å²) >= 11 is 0. The number of rotatable bonds is 5. The molecule has 1 saturated carbocycles. The van der Waals surface area contributed by atoms with Gasteiger partial charge in [0.05, 0.1) is 0 Å².